The van der Waals surface area contributed by atoms with Gasteiger partial charge in [-0.3, -0.25) is 4.79 Å². The molecule has 1 fully saturated rings. The van der Waals surface area contributed by atoms with Crippen molar-refractivity contribution in [1.82, 2.24) is 10.2 Å². The van der Waals surface area contributed by atoms with E-state index >= 15 is 0 Å². The second kappa shape index (κ2) is 8.26. The summed E-state index contributed by atoms with van der Waals surface area (Å²) in [6, 6.07) is -0.525. The Labute approximate surface area is 96.4 Å². The Morgan fingerprint density at radius 3 is 2.29 bits per heavy atom. The van der Waals surface area contributed by atoms with Crippen molar-refractivity contribution >= 4 is 30.7 Å². The quantitative estimate of drug-likeness (QED) is 0.555. The van der Waals surface area contributed by atoms with Crippen LogP contribution in [-0.4, -0.2) is 49.6 Å². The molecular weight excluding hydrogens is 227 g/mol. The van der Waals surface area contributed by atoms with Crippen LogP contribution >= 0.6 is 24.8 Å². The molecule has 1 saturated heterocycles. The number of rotatable bonds is 2. The molecule has 0 spiro atoms. The Hall–Kier alpha value is -0.0700. The van der Waals surface area contributed by atoms with Crippen molar-refractivity contribution in [3.63, 3.8) is 0 Å². The van der Waals surface area contributed by atoms with E-state index in [1.165, 1.54) is 0 Å². The first kappa shape index (κ1) is 16.4. The standard InChI is InChI=1S/C7H16N4O.2ClH/c8-5-6(9)7(12)11-3-1-10-2-4-11;;/h6,10H,1-5,8-9H2;2*1H. The molecule has 0 bridgehead atoms. The molecule has 1 aliphatic heterocycles. The van der Waals surface area contributed by atoms with Gasteiger partial charge in [0, 0.05) is 32.7 Å². The van der Waals surface area contributed by atoms with Gasteiger partial charge in [0.2, 0.25) is 5.91 Å². The van der Waals surface area contributed by atoms with E-state index in [0.717, 1.165) is 26.2 Å². The van der Waals surface area contributed by atoms with E-state index < -0.39 is 6.04 Å². The van der Waals surface area contributed by atoms with Crippen molar-refractivity contribution < 1.29 is 4.79 Å². The average Bonchev–Trinajstić information content (AvgIpc) is 2.17. The summed E-state index contributed by atoms with van der Waals surface area (Å²) in [5.41, 5.74) is 10.8. The van der Waals surface area contributed by atoms with Crippen molar-refractivity contribution in [2.24, 2.45) is 11.5 Å². The van der Waals surface area contributed by atoms with Gasteiger partial charge < -0.3 is 21.7 Å². The van der Waals surface area contributed by atoms with Crippen LogP contribution in [0.4, 0.5) is 0 Å². The minimum Gasteiger partial charge on any atom is -0.339 e. The van der Waals surface area contributed by atoms with Crippen LogP contribution in [0.15, 0.2) is 0 Å². The molecule has 5 N–H and O–H groups in total. The van der Waals surface area contributed by atoms with Gasteiger partial charge in [0.25, 0.3) is 0 Å². The van der Waals surface area contributed by atoms with E-state index in [0.29, 0.717) is 0 Å². The first-order chi connectivity index (χ1) is 5.75. The molecule has 1 amide bonds. The third-order valence-corrected chi connectivity index (χ3v) is 2.00. The van der Waals surface area contributed by atoms with Crippen molar-refractivity contribution in [1.29, 1.82) is 0 Å². The predicted octanol–water partition coefficient (Wildman–Crippen LogP) is -1.45. The van der Waals surface area contributed by atoms with Gasteiger partial charge in [-0.25, -0.2) is 0 Å². The number of nitrogens with zero attached hydrogens (tertiary/aromatic N) is 1. The van der Waals surface area contributed by atoms with Crippen LogP contribution < -0.4 is 16.8 Å². The number of carbonyl (C=O) groups is 1. The molecule has 1 rings (SSSR count). The highest BCUT2D eigenvalue weighted by Crippen LogP contribution is 1.94. The van der Waals surface area contributed by atoms with E-state index in [1.807, 2.05) is 0 Å². The van der Waals surface area contributed by atoms with E-state index in [-0.39, 0.29) is 37.3 Å². The lowest BCUT2D eigenvalue weighted by Crippen LogP contribution is -2.53. The van der Waals surface area contributed by atoms with Crippen molar-refractivity contribution in [3.05, 3.63) is 0 Å². The lowest BCUT2D eigenvalue weighted by atomic mass is 10.2. The molecule has 0 aromatic rings. The number of halogens is 2. The summed E-state index contributed by atoms with van der Waals surface area (Å²) in [6.07, 6.45) is 0. The lowest BCUT2D eigenvalue weighted by Gasteiger charge is -2.29. The SMILES string of the molecule is Cl.Cl.NCC(N)C(=O)N1CCNCC1. The monoisotopic (exact) mass is 244 g/mol. The summed E-state index contributed by atoms with van der Waals surface area (Å²) in [4.78, 5) is 13.2. The van der Waals surface area contributed by atoms with Crippen molar-refractivity contribution in [2.75, 3.05) is 32.7 Å². The fraction of sp³-hybridized carbons (Fsp3) is 0.857. The summed E-state index contributed by atoms with van der Waals surface area (Å²) in [7, 11) is 0. The summed E-state index contributed by atoms with van der Waals surface area (Å²) < 4.78 is 0. The molecule has 0 radical (unpaired) electrons. The highest BCUT2D eigenvalue weighted by atomic mass is 35.5. The van der Waals surface area contributed by atoms with Crippen LogP contribution in [0.2, 0.25) is 0 Å². The number of hydrogen-bond donors (Lipinski definition) is 3. The van der Waals surface area contributed by atoms with Crippen LogP contribution in [0.25, 0.3) is 0 Å². The second-order valence-electron chi connectivity index (χ2n) is 2.92. The number of amides is 1. The maximum atomic E-state index is 11.4. The predicted molar refractivity (Wildman–Crippen MR) is 61.0 cm³/mol. The second-order valence-corrected chi connectivity index (χ2v) is 2.92. The molecule has 1 heterocycles. The third kappa shape index (κ3) is 4.43. The fourth-order valence-corrected chi connectivity index (χ4v) is 1.22. The van der Waals surface area contributed by atoms with Crippen LogP contribution in [0.3, 0.4) is 0 Å². The summed E-state index contributed by atoms with van der Waals surface area (Å²) >= 11 is 0. The van der Waals surface area contributed by atoms with Gasteiger partial charge in [-0.1, -0.05) is 0 Å². The van der Waals surface area contributed by atoms with Crippen LogP contribution in [0.5, 0.6) is 0 Å². The van der Waals surface area contributed by atoms with Crippen LogP contribution in [0, 0.1) is 0 Å². The zero-order valence-electron chi connectivity index (χ0n) is 7.94. The summed E-state index contributed by atoms with van der Waals surface area (Å²) in [6.45, 7) is 3.41. The topological polar surface area (TPSA) is 84.4 Å². The minimum absolute atomic E-state index is 0. The normalized spacial score (nSPS) is 17.7. The molecule has 0 aromatic carbocycles. The van der Waals surface area contributed by atoms with Gasteiger partial charge in [-0.05, 0) is 0 Å². The van der Waals surface area contributed by atoms with Gasteiger partial charge >= 0.3 is 0 Å². The molecule has 14 heavy (non-hydrogen) atoms. The van der Waals surface area contributed by atoms with Gasteiger partial charge in [-0.15, -0.1) is 24.8 Å². The molecule has 0 aliphatic carbocycles. The van der Waals surface area contributed by atoms with E-state index in [1.54, 1.807) is 4.90 Å². The van der Waals surface area contributed by atoms with Crippen molar-refractivity contribution in [3.8, 4) is 0 Å². The van der Waals surface area contributed by atoms with Gasteiger partial charge in [0.05, 0.1) is 6.04 Å². The number of hydrogen-bond acceptors (Lipinski definition) is 4. The van der Waals surface area contributed by atoms with Crippen LogP contribution in [-0.2, 0) is 4.79 Å². The van der Waals surface area contributed by atoms with Gasteiger partial charge in [0.1, 0.15) is 0 Å². The molecule has 0 aromatic heterocycles. The minimum atomic E-state index is -0.525. The highest BCUT2D eigenvalue weighted by molar-refractivity contribution is 5.85. The molecule has 86 valence electrons. The number of nitrogens with one attached hydrogen (secondary N) is 1. The Bertz CT molecular complexity index is 164. The molecule has 0 saturated carbocycles. The molecule has 5 nitrogen and oxygen atoms in total. The zero-order chi connectivity index (χ0) is 8.97. The van der Waals surface area contributed by atoms with E-state index in [4.69, 9.17) is 11.5 Å². The Morgan fingerprint density at radius 2 is 1.86 bits per heavy atom. The Morgan fingerprint density at radius 1 is 1.36 bits per heavy atom. The number of carbonyl (C=O) groups excluding carboxylic acids is 1. The highest BCUT2D eigenvalue weighted by Gasteiger charge is 2.20. The maximum absolute atomic E-state index is 11.4. The average molecular weight is 245 g/mol. The van der Waals surface area contributed by atoms with E-state index in [9.17, 15) is 4.79 Å². The van der Waals surface area contributed by atoms with Crippen molar-refractivity contribution in [2.45, 2.75) is 6.04 Å². The fourth-order valence-electron chi connectivity index (χ4n) is 1.22. The first-order valence-corrected chi connectivity index (χ1v) is 4.21. The molecule has 1 atom stereocenters. The lowest BCUT2D eigenvalue weighted by molar-refractivity contribution is -0.132. The summed E-state index contributed by atoms with van der Waals surface area (Å²) in [5.74, 6) is -0.0287. The maximum Gasteiger partial charge on any atom is 0.240 e. The molecule has 1 aliphatic rings. The Balaban J connectivity index is 0. The molecule has 7 heteroatoms. The first-order valence-electron chi connectivity index (χ1n) is 4.21. The molecule has 1 unspecified atom stereocenters. The van der Waals surface area contributed by atoms with Crippen LogP contribution in [0.1, 0.15) is 0 Å². The Kier molecular flexibility index (Phi) is 9.65. The van der Waals surface area contributed by atoms with Gasteiger partial charge in [0.15, 0.2) is 0 Å². The summed E-state index contributed by atoms with van der Waals surface area (Å²) in [5, 5.41) is 3.16. The number of nitrogens with two attached hydrogens (primary N) is 2. The smallest absolute Gasteiger partial charge is 0.240 e. The van der Waals surface area contributed by atoms with Gasteiger partial charge in [-0.2, -0.15) is 0 Å². The van der Waals surface area contributed by atoms with E-state index in [2.05, 4.69) is 5.32 Å². The zero-order valence-corrected chi connectivity index (χ0v) is 9.57. The third-order valence-electron chi connectivity index (χ3n) is 2.00. The molecular formula is C7H18Cl2N4O. The number of piperazine rings is 1. The largest absolute Gasteiger partial charge is 0.339 e.